The minimum Gasteiger partial charge on any atom is -0.361 e. The Kier molecular flexibility index (Phi) is 4.14. The van der Waals surface area contributed by atoms with E-state index in [-0.39, 0.29) is 0 Å². The molecule has 0 bridgehead atoms. The van der Waals surface area contributed by atoms with Crippen LogP contribution in [-0.4, -0.2) is 14.6 Å². The van der Waals surface area contributed by atoms with E-state index in [2.05, 4.69) is 70.2 Å². The molecule has 3 aromatic rings. The summed E-state index contributed by atoms with van der Waals surface area (Å²) in [7, 11) is 0. The number of aryl methyl sites for hydroxylation is 1. The molecular weight excluding hydrogens is 332 g/mol. The van der Waals surface area contributed by atoms with Crippen molar-refractivity contribution in [1.82, 2.24) is 14.6 Å². The van der Waals surface area contributed by atoms with Crippen LogP contribution in [0.2, 0.25) is 0 Å². The molecule has 4 heteroatoms. The molecule has 140 valence electrons. The van der Waals surface area contributed by atoms with E-state index in [4.69, 9.17) is 0 Å². The molecule has 5 rings (SSSR count). The summed E-state index contributed by atoms with van der Waals surface area (Å²) in [5, 5.41) is 8.31. The van der Waals surface area contributed by atoms with Gasteiger partial charge in [-0.05, 0) is 60.8 Å². The molecule has 0 spiro atoms. The fraction of sp³-hybridized carbons (Fsp3) is 0.478. The maximum Gasteiger partial charge on any atom is 0.154 e. The first-order valence-electron chi connectivity index (χ1n) is 10.4. The summed E-state index contributed by atoms with van der Waals surface area (Å²) in [5.74, 6) is 3.22. The van der Waals surface area contributed by atoms with E-state index in [9.17, 15) is 0 Å². The topological polar surface area (TPSA) is 42.2 Å². The maximum absolute atomic E-state index is 4.61. The number of fused-ring (bicyclic) bond motifs is 2. The van der Waals surface area contributed by atoms with Gasteiger partial charge in [0.15, 0.2) is 5.82 Å². The number of hydrogen-bond acceptors (Lipinski definition) is 3. The van der Waals surface area contributed by atoms with Gasteiger partial charge in [-0.15, -0.1) is 0 Å². The highest BCUT2D eigenvalue weighted by atomic mass is 15.3. The SMILES string of the molecule is CCC1C[C@@H](c2ccc3c(N[C@H]4CCc5ccccc54)ncnn23)C[C@@H]1C. The molecule has 4 atom stereocenters. The number of nitrogens with zero attached hydrogens (tertiary/aromatic N) is 3. The monoisotopic (exact) mass is 360 g/mol. The van der Waals surface area contributed by atoms with E-state index >= 15 is 0 Å². The van der Waals surface area contributed by atoms with Crippen molar-refractivity contribution in [3.8, 4) is 0 Å². The van der Waals surface area contributed by atoms with E-state index < -0.39 is 0 Å². The van der Waals surface area contributed by atoms with E-state index in [1.54, 1.807) is 6.33 Å². The third-order valence-electron chi connectivity index (χ3n) is 6.92. The van der Waals surface area contributed by atoms with Crippen molar-refractivity contribution >= 4 is 11.3 Å². The lowest BCUT2D eigenvalue weighted by Crippen LogP contribution is -2.11. The van der Waals surface area contributed by atoms with Crippen LogP contribution in [0.25, 0.3) is 5.52 Å². The van der Waals surface area contributed by atoms with Crippen molar-refractivity contribution in [2.75, 3.05) is 5.32 Å². The summed E-state index contributed by atoms with van der Waals surface area (Å²) in [6.45, 7) is 4.73. The molecule has 2 aliphatic carbocycles. The van der Waals surface area contributed by atoms with Gasteiger partial charge in [0.2, 0.25) is 0 Å². The molecule has 4 nitrogen and oxygen atoms in total. The summed E-state index contributed by atoms with van der Waals surface area (Å²) in [4.78, 5) is 4.59. The van der Waals surface area contributed by atoms with E-state index in [1.807, 2.05) is 0 Å². The lowest BCUT2D eigenvalue weighted by molar-refractivity contribution is 0.407. The quantitative estimate of drug-likeness (QED) is 0.680. The van der Waals surface area contributed by atoms with Crippen LogP contribution >= 0.6 is 0 Å². The average Bonchev–Trinajstić information content (AvgIpc) is 3.39. The van der Waals surface area contributed by atoms with Crippen molar-refractivity contribution in [3.05, 3.63) is 59.5 Å². The van der Waals surface area contributed by atoms with Crippen LogP contribution in [-0.2, 0) is 6.42 Å². The van der Waals surface area contributed by atoms with E-state index in [0.29, 0.717) is 12.0 Å². The Morgan fingerprint density at radius 3 is 2.89 bits per heavy atom. The molecule has 0 aliphatic heterocycles. The van der Waals surface area contributed by atoms with Crippen LogP contribution in [0.15, 0.2) is 42.7 Å². The largest absolute Gasteiger partial charge is 0.361 e. The lowest BCUT2D eigenvalue weighted by Gasteiger charge is -2.16. The lowest BCUT2D eigenvalue weighted by atomic mass is 9.96. The van der Waals surface area contributed by atoms with Gasteiger partial charge >= 0.3 is 0 Å². The third kappa shape index (κ3) is 2.82. The number of benzene rings is 1. The van der Waals surface area contributed by atoms with Crippen LogP contribution in [0, 0.1) is 11.8 Å². The first-order chi connectivity index (χ1) is 13.2. The molecule has 2 aliphatic rings. The molecule has 1 fully saturated rings. The number of anilines is 1. The Hall–Kier alpha value is -2.36. The highest BCUT2D eigenvalue weighted by Gasteiger charge is 2.33. The van der Waals surface area contributed by atoms with Gasteiger partial charge in [0, 0.05) is 11.6 Å². The fourth-order valence-electron chi connectivity index (χ4n) is 5.39. The van der Waals surface area contributed by atoms with Crippen LogP contribution in [0.4, 0.5) is 5.82 Å². The molecule has 1 saturated carbocycles. The molecular formula is C23H28N4. The van der Waals surface area contributed by atoms with Crippen LogP contribution in [0.5, 0.6) is 0 Å². The summed E-state index contributed by atoms with van der Waals surface area (Å²) in [6, 6.07) is 13.6. The molecule has 2 aromatic heterocycles. The minimum absolute atomic E-state index is 0.342. The van der Waals surface area contributed by atoms with Crippen LogP contribution < -0.4 is 5.32 Å². The molecule has 1 aromatic carbocycles. The molecule has 1 N–H and O–H groups in total. The van der Waals surface area contributed by atoms with E-state index in [1.165, 1.54) is 36.1 Å². The predicted molar refractivity (Wildman–Crippen MR) is 109 cm³/mol. The van der Waals surface area contributed by atoms with Gasteiger partial charge in [-0.3, -0.25) is 0 Å². The Labute approximate surface area is 161 Å². The number of nitrogens with one attached hydrogen (secondary N) is 1. The predicted octanol–water partition coefficient (Wildman–Crippen LogP) is 5.37. The Morgan fingerprint density at radius 2 is 2.04 bits per heavy atom. The summed E-state index contributed by atoms with van der Waals surface area (Å²) >= 11 is 0. The van der Waals surface area contributed by atoms with Crippen LogP contribution in [0.1, 0.15) is 68.3 Å². The molecule has 0 saturated heterocycles. The first kappa shape index (κ1) is 16.8. The highest BCUT2D eigenvalue weighted by molar-refractivity contribution is 5.69. The molecule has 0 amide bonds. The molecule has 1 unspecified atom stereocenters. The highest BCUT2D eigenvalue weighted by Crippen LogP contribution is 2.44. The molecule has 27 heavy (non-hydrogen) atoms. The van der Waals surface area contributed by atoms with Gasteiger partial charge in [-0.1, -0.05) is 44.5 Å². The summed E-state index contributed by atoms with van der Waals surface area (Å²) in [6.07, 6.45) is 7.81. The van der Waals surface area contributed by atoms with Gasteiger partial charge in [-0.2, -0.15) is 5.10 Å². The molecule has 0 radical (unpaired) electrons. The van der Waals surface area contributed by atoms with Crippen molar-refractivity contribution in [3.63, 3.8) is 0 Å². The standard InChI is InChI=1S/C23H28N4/c1-3-16-13-18(12-15(16)2)21-10-11-22-23(24-14-25-27(21)22)26-20-9-8-17-6-4-5-7-19(17)20/h4-7,10-11,14-16,18,20H,3,8-9,12-13H2,1-2H3,(H,24,25,26)/t15-,16?,18-,20-/m0/s1. The van der Waals surface area contributed by atoms with Crippen molar-refractivity contribution in [2.24, 2.45) is 11.8 Å². The zero-order chi connectivity index (χ0) is 18.4. The Bertz CT molecular complexity index is 960. The zero-order valence-corrected chi connectivity index (χ0v) is 16.2. The second-order valence-corrected chi connectivity index (χ2v) is 8.41. The van der Waals surface area contributed by atoms with Crippen molar-refractivity contribution in [2.45, 2.75) is 57.9 Å². The molecule has 2 heterocycles. The minimum atomic E-state index is 0.342. The van der Waals surface area contributed by atoms with Gasteiger partial charge in [0.25, 0.3) is 0 Å². The summed E-state index contributed by atoms with van der Waals surface area (Å²) < 4.78 is 2.13. The number of rotatable bonds is 4. The van der Waals surface area contributed by atoms with E-state index in [0.717, 1.165) is 36.0 Å². The average molecular weight is 361 g/mol. The number of hydrogen-bond donors (Lipinski definition) is 1. The Morgan fingerprint density at radius 1 is 1.15 bits per heavy atom. The zero-order valence-electron chi connectivity index (χ0n) is 16.2. The maximum atomic E-state index is 4.61. The number of aromatic nitrogens is 3. The second kappa shape index (κ2) is 6.66. The third-order valence-corrected chi connectivity index (χ3v) is 6.92. The summed E-state index contributed by atoms with van der Waals surface area (Å²) in [5.41, 5.74) is 5.33. The smallest absolute Gasteiger partial charge is 0.154 e. The van der Waals surface area contributed by atoms with Crippen molar-refractivity contribution < 1.29 is 0 Å². The Balaban J connectivity index is 1.45. The van der Waals surface area contributed by atoms with Gasteiger partial charge in [0.1, 0.15) is 11.8 Å². The van der Waals surface area contributed by atoms with Crippen molar-refractivity contribution in [1.29, 1.82) is 0 Å². The first-order valence-corrected chi connectivity index (χ1v) is 10.4. The van der Waals surface area contributed by atoms with Gasteiger partial charge in [0.05, 0.1) is 6.04 Å². The second-order valence-electron chi connectivity index (χ2n) is 8.41. The normalized spacial score (nSPS) is 27.2. The fourth-order valence-corrected chi connectivity index (χ4v) is 5.39. The van der Waals surface area contributed by atoms with Crippen LogP contribution in [0.3, 0.4) is 0 Å². The van der Waals surface area contributed by atoms with Gasteiger partial charge in [-0.25, -0.2) is 9.50 Å². The van der Waals surface area contributed by atoms with Gasteiger partial charge < -0.3 is 5.32 Å².